The normalized spacial score (nSPS) is 13.7. The maximum atomic E-state index is 6.25. The predicted octanol–water partition coefficient (Wildman–Crippen LogP) is 5.15. The van der Waals surface area contributed by atoms with Crippen LogP contribution in [0.5, 0.6) is 5.75 Å². The molecule has 0 heterocycles. The molecule has 2 unspecified atom stereocenters. The van der Waals surface area contributed by atoms with E-state index >= 15 is 0 Å². The van der Waals surface area contributed by atoms with E-state index in [1.54, 1.807) is 0 Å². The van der Waals surface area contributed by atoms with E-state index in [2.05, 4.69) is 37.4 Å². The number of hydrogen-bond donors (Lipinski definition) is 1. The molecule has 2 atom stereocenters. The Hall–Kier alpha value is -1.51. The van der Waals surface area contributed by atoms with Crippen molar-refractivity contribution >= 4 is 11.6 Å². The number of ether oxygens (including phenoxy) is 1. The van der Waals surface area contributed by atoms with Gasteiger partial charge in [0.2, 0.25) is 0 Å². The van der Waals surface area contributed by atoms with Crippen molar-refractivity contribution in [1.82, 2.24) is 5.32 Å². The summed E-state index contributed by atoms with van der Waals surface area (Å²) in [4.78, 5) is 0. The second kappa shape index (κ2) is 7.48. The Labute approximate surface area is 132 Å². The molecular weight excluding hydrogens is 282 g/mol. The van der Waals surface area contributed by atoms with Crippen LogP contribution in [-0.4, -0.2) is 6.61 Å². The van der Waals surface area contributed by atoms with Crippen molar-refractivity contribution in [3.05, 3.63) is 64.7 Å². The lowest BCUT2D eigenvalue weighted by atomic mass is 10.0. The van der Waals surface area contributed by atoms with E-state index < -0.39 is 0 Å². The first-order chi connectivity index (χ1) is 10.1. The Balaban J connectivity index is 2.03. The Morgan fingerprint density at radius 1 is 1.00 bits per heavy atom. The SMILES string of the molecule is CCOc1ccc(C(C)NC(C)c2ccccc2Cl)cc1. The van der Waals surface area contributed by atoms with Crippen LogP contribution in [0.15, 0.2) is 48.5 Å². The van der Waals surface area contributed by atoms with Crippen LogP contribution in [0.4, 0.5) is 0 Å². The highest BCUT2D eigenvalue weighted by molar-refractivity contribution is 6.31. The van der Waals surface area contributed by atoms with Crippen molar-refractivity contribution in [3.63, 3.8) is 0 Å². The molecule has 21 heavy (non-hydrogen) atoms. The van der Waals surface area contributed by atoms with Crippen molar-refractivity contribution in [2.24, 2.45) is 0 Å². The lowest BCUT2D eigenvalue weighted by Crippen LogP contribution is -2.22. The van der Waals surface area contributed by atoms with Gasteiger partial charge in [-0.25, -0.2) is 0 Å². The first kappa shape index (κ1) is 15.9. The van der Waals surface area contributed by atoms with Crippen LogP contribution in [0.25, 0.3) is 0 Å². The summed E-state index contributed by atoms with van der Waals surface area (Å²) >= 11 is 6.25. The smallest absolute Gasteiger partial charge is 0.119 e. The highest BCUT2D eigenvalue weighted by atomic mass is 35.5. The second-order valence-corrected chi connectivity index (χ2v) is 5.54. The van der Waals surface area contributed by atoms with E-state index in [0.717, 1.165) is 16.3 Å². The summed E-state index contributed by atoms with van der Waals surface area (Å²) < 4.78 is 5.47. The quantitative estimate of drug-likeness (QED) is 0.796. The zero-order valence-corrected chi connectivity index (χ0v) is 13.5. The Morgan fingerprint density at radius 2 is 1.67 bits per heavy atom. The minimum atomic E-state index is 0.195. The van der Waals surface area contributed by atoms with Gasteiger partial charge in [-0.3, -0.25) is 0 Å². The number of benzene rings is 2. The Morgan fingerprint density at radius 3 is 2.29 bits per heavy atom. The zero-order chi connectivity index (χ0) is 15.2. The molecule has 0 bridgehead atoms. The van der Waals surface area contributed by atoms with Crippen LogP contribution >= 0.6 is 11.6 Å². The summed E-state index contributed by atoms with van der Waals surface area (Å²) in [5.74, 6) is 0.910. The van der Waals surface area contributed by atoms with Gasteiger partial charge >= 0.3 is 0 Å². The van der Waals surface area contributed by atoms with Crippen LogP contribution in [0.3, 0.4) is 0 Å². The fraction of sp³-hybridized carbons (Fsp3) is 0.333. The van der Waals surface area contributed by atoms with Gasteiger partial charge in [0, 0.05) is 17.1 Å². The lowest BCUT2D eigenvalue weighted by molar-refractivity contribution is 0.340. The molecule has 0 saturated heterocycles. The average molecular weight is 304 g/mol. The largest absolute Gasteiger partial charge is 0.494 e. The van der Waals surface area contributed by atoms with Crippen LogP contribution in [0.2, 0.25) is 5.02 Å². The molecule has 3 heteroatoms. The number of nitrogens with one attached hydrogen (secondary N) is 1. The standard InChI is InChI=1S/C18H22ClNO/c1-4-21-16-11-9-15(10-12-16)13(2)20-14(3)17-7-5-6-8-18(17)19/h5-14,20H,4H2,1-3H3. The van der Waals surface area contributed by atoms with Crippen LogP contribution < -0.4 is 10.1 Å². The molecule has 0 amide bonds. The highest BCUT2D eigenvalue weighted by Gasteiger charge is 2.13. The third kappa shape index (κ3) is 4.23. The summed E-state index contributed by atoms with van der Waals surface area (Å²) in [7, 11) is 0. The summed E-state index contributed by atoms with van der Waals surface area (Å²) in [6.07, 6.45) is 0. The molecule has 1 N–H and O–H groups in total. The first-order valence-electron chi connectivity index (χ1n) is 7.35. The van der Waals surface area contributed by atoms with Gasteiger partial charge in [0.05, 0.1) is 6.61 Å². The molecule has 0 radical (unpaired) electrons. The van der Waals surface area contributed by atoms with Gasteiger partial charge in [-0.05, 0) is 50.1 Å². The number of rotatable bonds is 6. The van der Waals surface area contributed by atoms with E-state index in [-0.39, 0.29) is 12.1 Å². The average Bonchev–Trinajstić information content (AvgIpc) is 2.48. The van der Waals surface area contributed by atoms with E-state index in [1.807, 2.05) is 37.3 Å². The monoisotopic (exact) mass is 303 g/mol. The van der Waals surface area contributed by atoms with E-state index in [4.69, 9.17) is 16.3 Å². The van der Waals surface area contributed by atoms with Crippen molar-refractivity contribution < 1.29 is 4.74 Å². The summed E-state index contributed by atoms with van der Waals surface area (Å²) in [6.45, 7) is 6.97. The molecule has 0 aromatic heterocycles. The molecule has 2 rings (SSSR count). The molecule has 0 aliphatic carbocycles. The van der Waals surface area contributed by atoms with Crippen LogP contribution in [-0.2, 0) is 0 Å². The summed E-state index contributed by atoms with van der Waals surface area (Å²) in [5.41, 5.74) is 2.36. The molecule has 2 nitrogen and oxygen atoms in total. The molecule has 0 spiro atoms. The van der Waals surface area contributed by atoms with Gasteiger partial charge in [-0.15, -0.1) is 0 Å². The molecule has 0 saturated carbocycles. The molecule has 112 valence electrons. The van der Waals surface area contributed by atoms with E-state index in [1.165, 1.54) is 5.56 Å². The van der Waals surface area contributed by atoms with Crippen LogP contribution in [0.1, 0.15) is 44.0 Å². The second-order valence-electron chi connectivity index (χ2n) is 5.13. The number of halogens is 1. The van der Waals surface area contributed by atoms with E-state index in [0.29, 0.717) is 6.61 Å². The summed E-state index contributed by atoms with van der Waals surface area (Å²) in [5, 5.41) is 4.38. The van der Waals surface area contributed by atoms with E-state index in [9.17, 15) is 0 Å². The van der Waals surface area contributed by atoms with Crippen molar-refractivity contribution in [1.29, 1.82) is 0 Å². The fourth-order valence-corrected chi connectivity index (χ4v) is 2.71. The summed E-state index contributed by atoms with van der Waals surface area (Å²) in [6, 6.07) is 16.6. The van der Waals surface area contributed by atoms with Gasteiger partial charge in [-0.1, -0.05) is 41.9 Å². The molecule has 0 aliphatic rings. The highest BCUT2D eigenvalue weighted by Crippen LogP contribution is 2.25. The first-order valence-corrected chi connectivity index (χ1v) is 7.72. The lowest BCUT2D eigenvalue weighted by Gasteiger charge is -2.21. The third-order valence-electron chi connectivity index (χ3n) is 3.56. The van der Waals surface area contributed by atoms with Gasteiger partial charge in [0.1, 0.15) is 5.75 Å². The molecule has 0 aliphatic heterocycles. The molecule has 0 fully saturated rings. The maximum Gasteiger partial charge on any atom is 0.119 e. The van der Waals surface area contributed by atoms with Crippen molar-refractivity contribution in [3.8, 4) is 5.75 Å². The number of hydrogen-bond acceptors (Lipinski definition) is 2. The third-order valence-corrected chi connectivity index (χ3v) is 3.91. The topological polar surface area (TPSA) is 21.3 Å². The van der Waals surface area contributed by atoms with Crippen LogP contribution in [0, 0.1) is 0 Å². The minimum Gasteiger partial charge on any atom is -0.494 e. The molecular formula is C18H22ClNO. The molecule has 2 aromatic carbocycles. The fourth-order valence-electron chi connectivity index (χ4n) is 2.41. The Bertz CT molecular complexity index is 568. The van der Waals surface area contributed by atoms with Crippen molar-refractivity contribution in [2.45, 2.75) is 32.9 Å². The Kier molecular flexibility index (Phi) is 5.66. The predicted molar refractivity (Wildman–Crippen MR) is 89.0 cm³/mol. The minimum absolute atomic E-state index is 0.195. The van der Waals surface area contributed by atoms with Crippen molar-refractivity contribution in [2.75, 3.05) is 6.61 Å². The maximum absolute atomic E-state index is 6.25. The van der Waals surface area contributed by atoms with Gasteiger partial charge in [0.15, 0.2) is 0 Å². The van der Waals surface area contributed by atoms with Gasteiger partial charge in [-0.2, -0.15) is 0 Å². The zero-order valence-electron chi connectivity index (χ0n) is 12.8. The van der Waals surface area contributed by atoms with Gasteiger partial charge < -0.3 is 10.1 Å². The van der Waals surface area contributed by atoms with Gasteiger partial charge in [0.25, 0.3) is 0 Å². The molecule has 2 aromatic rings.